The van der Waals surface area contributed by atoms with Crippen molar-refractivity contribution in [3.8, 4) is 0 Å². The number of allylic oxidation sites excluding steroid dienone is 1. The summed E-state index contributed by atoms with van der Waals surface area (Å²) in [5, 5.41) is 11.2. The van der Waals surface area contributed by atoms with Crippen LogP contribution in [-0.4, -0.2) is 29.7 Å². The number of fused-ring (bicyclic) bond motifs is 2. The minimum absolute atomic E-state index is 0.0346. The van der Waals surface area contributed by atoms with Crippen molar-refractivity contribution >= 4 is 5.78 Å². The number of Topliss-reactive ketones (excluding diaryl/α,β-unsaturated/α-hetero) is 1. The topological polar surface area (TPSA) is 46.5 Å². The summed E-state index contributed by atoms with van der Waals surface area (Å²) < 4.78 is 6.23. The van der Waals surface area contributed by atoms with Crippen molar-refractivity contribution in [3.05, 3.63) is 24.3 Å². The first-order valence-electron chi connectivity index (χ1n) is 10.3. The Morgan fingerprint density at radius 3 is 2.62 bits per heavy atom. The summed E-state index contributed by atoms with van der Waals surface area (Å²) in [7, 11) is 1.85. The molecular formula is C23H32O3. The number of carbonyl (C=O) groups excluding carboxylic acids is 1. The highest BCUT2D eigenvalue weighted by Gasteiger charge is 2.84. The summed E-state index contributed by atoms with van der Waals surface area (Å²) in [5.74, 6) is 0.861. The molecule has 3 heteroatoms. The number of rotatable bonds is 1. The van der Waals surface area contributed by atoms with E-state index in [0.717, 1.165) is 56.1 Å². The lowest BCUT2D eigenvalue weighted by Crippen LogP contribution is -2.66. The van der Waals surface area contributed by atoms with Crippen LogP contribution in [0.4, 0.5) is 0 Å². The molecule has 0 radical (unpaired) electrons. The van der Waals surface area contributed by atoms with Gasteiger partial charge in [0.2, 0.25) is 0 Å². The SMILES string of the molecule is C=C1C(=O)C23CCC(CC2[C@]24C[C@]2(OC)CCCC(C)(C)C14)C(=C)[C@@H]3O. The smallest absolute Gasteiger partial charge is 0.167 e. The number of aliphatic hydroxyl groups excluding tert-OH is 1. The fourth-order valence-corrected chi connectivity index (χ4v) is 8.49. The summed E-state index contributed by atoms with van der Waals surface area (Å²) in [5.41, 5.74) is 0.835. The van der Waals surface area contributed by atoms with E-state index in [1.807, 2.05) is 7.11 Å². The average molecular weight is 357 g/mol. The van der Waals surface area contributed by atoms with Crippen molar-refractivity contribution < 1.29 is 14.6 Å². The summed E-state index contributed by atoms with van der Waals surface area (Å²) in [6, 6.07) is 0. The van der Waals surface area contributed by atoms with Gasteiger partial charge in [-0.1, -0.05) is 33.4 Å². The monoisotopic (exact) mass is 356 g/mol. The van der Waals surface area contributed by atoms with E-state index >= 15 is 0 Å². The number of ketones is 1. The normalized spacial score (nSPS) is 54.2. The van der Waals surface area contributed by atoms with Crippen LogP contribution in [0.3, 0.4) is 0 Å². The van der Waals surface area contributed by atoms with Crippen molar-refractivity contribution in [2.45, 2.75) is 70.5 Å². The van der Waals surface area contributed by atoms with Gasteiger partial charge < -0.3 is 9.84 Å². The maximum atomic E-state index is 13.8. The maximum absolute atomic E-state index is 13.8. The fourth-order valence-electron chi connectivity index (χ4n) is 8.49. The van der Waals surface area contributed by atoms with Crippen LogP contribution < -0.4 is 0 Å². The Morgan fingerprint density at radius 2 is 1.92 bits per heavy atom. The molecule has 0 amide bonds. The zero-order valence-electron chi connectivity index (χ0n) is 16.4. The lowest BCUT2D eigenvalue weighted by atomic mass is 9.39. The number of ether oxygens (including phenoxy) is 1. The average Bonchev–Trinajstić information content (AvgIpc) is 3.26. The maximum Gasteiger partial charge on any atom is 0.167 e. The highest BCUT2D eigenvalue weighted by Crippen LogP contribution is 2.82. The molecule has 4 unspecified atom stereocenters. The molecule has 0 aromatic carbocycles. The van der Waals surface area contributed by atoms with E-state index in [4.69, 9.17) is 4.74 Å². The van der Waals surface area contributed by atoms with Gasteiger partial charge in [0.15, 0.2) is 5.78 Å². The molecular weight excluding hydrogens is 324 g/mol. The molecule has 142 valence electrons. The number of carbonyl (C=O) groups is 1. The van der Waals surface area contributed by atoms with E-state index in [0.29, 0.717) is 5.92 Å². The molecule has 1 N–H and O–H groups in total. The lowest BCUT2D eigenvalue weighted by molar-refractivity contribution is -0.176. The Morgan fingerprint density at radius 1 is 1.19 bits per heavy atom. The van der Waals surface area contributed by atoms with E-state index < -0.39 is 11.5 Å². The van der Waals surface area contributed by atoms with Crippen molar-refractivity contribution in [1.29, 1.82) is 0 Å². The molecule has 0 heterocycles. The molecule has 7 atom stereocenters. The second-order valence-corrected chi connectivity index (χ2v) is 10.6. The van der Waals surface area contributed by atoms with Crippen LogP contribution in [0.5, 0.6) is 0 Å². The Bertz CT molecular complexity index is 736. The predicted octanol–water partition coefficient (Wildman–Crippen LogP) is 4.06. The van der Waals surface area contributed by atoms with E-state index in [9.17, 15) is 9.90 Å². The van der Waals surface area contributed by atoms with E-state index in [2.05, 4.69) is 27.0 Å². The van der Waals surface area contributed by atoms with E-state index in [1.165, 1.54) is 0 Å². The molecule has 6 rings (SSSR count). The molecule has 6 aliphatic rings. The van der Waals surface area contributed by atoms with Crippen molar-refractivity contribution in [3.63, 3.8) is 0 Å². The Labute approximate surface area is 156 Å². The molecule has 0 aromatic rings. The zero-order valence-corrected chi connectivity index (χ0v) is 16.4. The van der Waals surface area contributed by atoms with Crippen LogP contribution in [0.15, 0.2) is 24.3 Å². The molecule has 0 aliphatic heterocycles. The molecule has 6 fully saturated rings. The lowest BCUT2D eigenvalue weighted by Gasteiger charge is -2.64. The molecule has 0 aromatic heterocycles. The van der Waals surface area contributed by atoms with Crippen LogP contribution in [-0.2, 0) is 9.53 Å². The van der Waals surface area contributed by atoms with Crippen molar-refractivity contribution in [2.75, 3.05) is 7.11 Å². The number of methoxy groups -OCH3 is 1. The number of hydrogen-bond donors (Lipinski definition) is 1. The summed E-state index contributed by atoms with van der Waals surface area (Å²) in [6.45, 7) is 13.2. The van der Waals surface area contributed by atoms with Gasteiger partial charge in [0.25, 0.3) is 0 Å². The van der Waals surface area contributed by atoms with Gasteiger partial charge in [-0.15, -0.1) is 0 Å². The van der Waals surface area contributed by atoms with Gasteiger partial charge >= 0.3 is 0 Å². The fraction of sp³-hybridized carbons (Fsp3) is 0.783. The van der Waals surface area contributed by atoms with Crippen LogP contribution >= 0.6 is 0 Å². The van der Waals surface area contributed by atoms with E-state index in [1.54, 1.807) is 0 Å². The number of aliphatic hydroxyl groups is 1. The third kappa shape index (κ3) is 1.55. The minimum atomic E-state index is -0.707. The second-order valence-electron chi connectivity index (χ2n) is 10.6. The van der Waals surface area contributed by atoms with Gasteiger partial charge in [0, 0.05) is 18.4 Å². The molecule has 2 bridgehead atoms. The third-order valence-electron chi connectivity index (χ3n) is 9.49. The largest absolute Gasteiger partial charge is 0.388 e. The molecule has 26 heavy (non-hydrogen) atoms. The van der Waals surface area contributed by atoms with E-state index in [-0.39, 0.29) is 34.1 Å². The highest BCUT2D eigenvalue weighted by molar-refractivity contribution is 6.03. The van der Waals surface area contributed by atoms with Gasteiger partial charge in [-0.25, -0.2) is 0 Å². The molecule has 2 spiro atoms. The van der Waals surface area contributed by atoms with Crippen molar-refractivity contribution in [1.82, 2.24) is 0 Å². The van der Waals surface area contributed by atoms with Gasteiger partial charge in [-0.2, -0.15) is 0 Å². The highest BCUT2D eigenvalue weighted by atomic mass is 16.5. The van der Waals surface area contributed by atoms with Crippen molar-refractivity contribution in [2.24, 2.45) is 34.0 Å². The van der Waals surface area contributed by atoms with Gasteiger partial charge in [0.1, 0.15) is 0 Å². The molecule has 6 aliphatic carbocycles. The first-order valence-corrected chi connectivity index (χ1v) is 10.3. The second kappa shape index (κ2) is 4.72. The quantitative estimate of drug-likeness (QED) is 0.569. The molecule has 6 saturated carbocycles. The van der Waals surface area contributed by atoms with Gasteiger partial charge in [-0.05, 0) is 66.9 Å². The Kier molecular flexibility index (Phi) is 3.12. The Balaban J connectivity index is 1.75. The summed E-state index contributed by atoms with van der Waals surface area (Å²) in [6.07, 6.45) is 6.39. The van der Waals surface area contributed by atoms with Crippen LogP contribution in [0, 0.1) is 34.0 Å². The van der Waals surface area contributed by atoms with Crippen LogP contribution in [0.2, 0.25) is 0 Å². The summed E-state index contributed by atoms with van der Waals surface area (Å²) >= 11 is 0. The first kappa shape index (κ1) is 17.2. The molecule has 3 nitrogen and oxygen atoms in total. The zero-order chi connectivity index (χ0) is 18.7. The third-order valence-corrected chi connectivity index (χ3v) is 9.49. The standard InChI is InChI=1S/C23H32O3/c1-13-15-7-10-22(18(13)24)16(11-15)23-12-21(23,26-5)9-6-8-20(3,4)17(23)14(2)19(22)25/h15-18,24H,1-2,6-12H2,3-5H3/t15?,16?,17?,18-,21+,22?,23-/m0/s1. The predicted molar refractivity (Wildman–Crippen MR) is 100 cm³/mol. The van der Waals surface area contributed by atoms with Crippen LogP contribution in [0.25, 0.3) is 0 Å². The van der Waals surface area contributed by atoms with Crippen LogP contribution in [0.1, 0.15) is 58.8 Å². The Hall–Kier alpha value is -0.930. The summed E-state index contributed by atoms with van der Waals surface area (Å²) in [4.78, 5) is 13.8. The molecule has 0 saturated heterocycles. The first-order chi connectivity index (χ1) is 12.2. The van der Waals surface area contributed by atoms with Gasteiger partial charge in [0.05, 0.1) is 17.1 Å². The van der Waals surface area contributed by atoms with Gasteiger partial charge in [-0.3, -0.25) is 4.79 Å². The minimum Gasteiger partial charge on any atom is -0.388 e. The number of hydrogen-bond acceptors (Lipinski definition) is 3.